The Kier molecular flexibility index (Phi) is 20.1. The fourth-order valence-electron chi connectivity index (χ4n) is 10.4. The molecule has 10 atom stereocenters. The number of hydrogen-bond donors (Lipinski definition) is 5. The number of benzene rings is 4. The Morgan fingerprint density at radius 1 is 0.667 bits per heavy atom. The molecule has 4 heterocycles. The number of aliphatic hydroxyl groups excluding tert-OH is 1. The predicted molar refractivity (Wildman–Crippen MR) is 289 cm³/mol. The molecule has 0 aromatic heterocycles. The standard InChI is InChI=1S/C55H75N7O14S2/c1-36(2)29-60(31-48(63)46(27-38-11-7-5-8-12-38)59-54(64)74-50-33-72-52-44(50)23-25-70-52)77(66,67)43-21-17-41(18-22-43)58-35-62(55(65)75-51-34-73-53-45(51)24-26-71-53)47(28-39-13-9-6-10-14-39)49(76-57)32-61(30-37(3)4)78(68,69)42-19-15-40(56)16-20-42/h5-22,36-37,44-53,58,63H,23-35,56-57H2,1-4H3,(H,59,64). The molecule has 78 heavy (non-hydrogen) atoms. The van der Waals surface area contributed by atoms with Gasteiger partial charge in [-0.2, -0.15) is 8.61 Å². The van der Waals surface area contributed by atoms with Crippen molar-refractivity contribution in [3.63, 3.8) is 0 Å². The molecule has 4 aromatic rings. The maximum atomic E-state index is 14.8. The van der Waals surface area contributed by atoms with Gasteiger partial charge in [0.15, 0.2) is 12.6 Å². The van der Waals surface area contributed by atoms with E-state index in [9.17, 15) is 31.5 Å². The van der Waals surface area contributed by atoms with Crippen molar-refractivity contribution in [3.8, 4) is 0 Å². The number of nitrogens with two attached hydrogens (primary N) is 2. The van der Waals surface area contributed by atoms with E-state index in [4.69, 9.17) is 44.9 Å². The number of anilines is 2. The Morgan fingerprint density at radius 3 is 1.69 bits per heavy atom. The van der Waals surface area contributed by atoms with Crippen LogP contribution in [0.5, 0.6) is 0 Å². The quantitative estimate of drug-likeness (QED) is 0.0309. The zero-order valence-corrected chi connectivity index (χ0v) is 46.2. The number of sulfonamides is 2. The van der Waals surface area contributed by atoms with Gasteiger partial charge in [0, 0.05) is 37.6 Å². The number of ether oxygens (including phenoxy) is 6. The Balaban J connectivity index is 1.04. The molecule has 4 saturated heterocycles. The molecule has 4 aliphatic rings. The molecular weight excluding hydrogens is 1050 g/mol. The Hall–Kier alpha value is -5.44. The molecule has 7 N–H and O–H groups in total. The van der Waals surface area contributed by atoms with Crippen molar-refractivity contribution in [1.29, 1.82) is 0 Å². The zero-order valence-electron chi connectivity index (χ0n) is 44.6. The molecule has 0 spiro atoms. The largest absolute Gasteiger partial charge is 0.443 e. The first-order valence-electron chi connectivity index (χ1n) is 26.6. The molecular formula is C55H75N7O14S2. The Bertz CT molecular complexity index is 2790. The van der Waals surface area contributed by atoms with Crippen LogP contribution in [0.15, 0.2) is 119 Å². The minimum Gasteiger partial charge on any atom is -0.443 e. The molecule has 4 aliphatic heterocycles. The summed E-state index contributed by atoms with van der Waals surface area (Å²) in [5.41, 5.74) is 8.34. The van der Waals surface area contributed by atoms with Gasteiger partial charge in [0.2, 0.25) is 20.0 Å². The Labute approximate surface area is 457 Å². The van der Waals surface area contributed by atoms with Crippen LogP contribution in [-0.2, 0) is 66.1 Å². The monoisotopic (exact) mass is 1120 g/mol. The summed E-state index contributed by atoms with van der Waals surface area (Å²) in [5, 5.41) is 18.0. The van der Waals surface area contributed by atoms with Gasteiger partial charge in [0.1, 0.15) is 18.3 Å². The molecule has 0 radical (unpaired) electrons. The van der Waals surface area contributed by atoms with E-state index in [-0.39, 0.29) is 92.4 Å². The molecule has 2 amide bonds. The lowest BCUT2D eigenvalue weighted by Crippen LogP contribution is -2.56. The van der Waals surface area contributed by atoms with Crippen molar-refractivity contribution in [2.75, 3.05) is 70.3 Å². The van der Waals surface area contributed by atoms with Gasteiger partial charge < -0.3 is 49.9 Å². The molecule has 8 rings (SSSR count). The van der Waals surface area contributed by atoms with Crippen LogP contribution in [0, 0.1) is 23.7 Å². The van der Waals surface area contributed by atoms with E-state index in [1.165, 1.54) is 49.9 Å². The molecule has 21 nitrogen and oxygen atoms in total. The molecule has 4 fully saturated rings. The number of aliphatic hydroxyl groups is 1. The molecule has 0 saturated carbocycles. The summed E-state index contributed by atoms with van der Waals surface area (Å²) >= 11 is 0. The lowest BCUT2D eigenvalue weighted by Gasteiger charge is -2.38. The van der Waals surface area contributed by atoms with Crippen molar-refractivity contribution in [2.45, 2.75) is 112 Å². The third kappa shape index (κ3) is 14.9. The van der Waals surface area contributed by atoms with Crippen LogP contribution in [-0.4, -0.2) is 156 Å². The van der Waals surface area contributed by atoms with E-state index in [2.05, 4.69) is 10.6 Å². The summed E-state index contributed by atoms with van der Waals surface area (Å²) in [6, 6.07) is 28.5. The van der Waals surface area contributed by atoms with Gasteiger partial charge in [-0.05, 0) is 97.2 Å². The summed E-state index contributed by atoms with van der Waals surface area (Å²) in [5.74, 6) is 5.57. The second kappa shape index (κ2) is 26.7. The van der Waals surface area contributed by atoms with E-state index >= 15 is 0 Å². The maximum Gasteiger partial charge on any atom is 0.411 e. The summed E-state index contributed by atoms with van der Waals surface area (Å²) in [4.78, 5) is 35.3. The summed E-state index contributed by atoms with van der Waals surface area (Å²) in [6.07, 6.45) is -4.54. The van der Waals surface area contributed by atoms with E-state index in [0.717, 1.165) is 11.1 Å². The van der Waals surface area contributed by atoms with Crippen molar-refractivity contribution in [1.82, 2.24) is 18.8 Å². The lowest BCUT2D eigenvalue weighted by atomic mass is 9.99. The number of nitrogen functional groups attached to an aromatic ring is 1. The first-order chi connectivity index (χ1) is 37.4. The van der Waals surface area contributed by atoms with Gasteiger partial charge in [-0.1, -0.05) is 88.4 Å². The average Bonchev–Trinajstić information content (AvgIpc) is 4.28. The first kappa shape index (κ1) is 58.7. The van der Waals surface area contributed by atoms with Crippen LogP contribution < -0.4 is 22.3 Å². The number of nitrogens with zero attached hydrogens (tertiary/aromatic N) is 3. The normalized spacial score (nSPS) is 22.7. The molecule has 0 aliphatic carbocycles. The van der Waals surface area contributed by atoms with E-state index in [0.29, 0.717) is 37.4 Å². The smallest absolute Gasteiger partial charge is 0.411 e. The van der Waals surface area contributed by atoms with Crippen LogP contribution in [0.1, 0.15) is 51.7 Å². The summed E-state index contributed by atoms with van der Waals surface area (Å²) in [6.45, 7) is 8.02. The first-order valence-corrected chi connectivity index (χ1v) is 29.5. The van der Waals surface area contributed by atoms with Crippen LogP contribution >= 0.6 is 0 Å². The molecule has 426 valence electrons. The van der Waals surface area contributed by atoms with Crippen molar-refractivity contribution < 1.29 is 64.8 Å². The van der Waals surface area contributed by atoms with Gasteiger partial charge in [-0.25, -0.2) is 32.3 Å². The fourth-order valence-corrected chi connectivity index (χ4v) is 13.6. The number of nitrogens with one attached hydrogen (secondary N) is 2. The molecule has 10 unspecified atom stereocenters. The molecule has 23 heteroatoms. The van der Waals surface area contributed by atoms with Gasteiger partial charge in [-0.3, -0.25) is 9.74 Å². The van der Waals surface area contributed by atoms with Gasteiger partial charge >= 0.3 is 12.2 Å². The molecule has 0 bridgehead atoms. The highest BCUT2D eigenvalue weighted by molar-refractivity contribution is 7.89. The summed E-state index contributed by atoms with van der Waals surface area (Å²) in [7, 11) is -8.43. The second-order valence-corrected chi connectivity index (χ2v) is 25.1. The number of carbonyl (C=O) groups is 2. The van der Waals surface area contributed by atoms with Crippen molar-refractivity contribution >= 4 is 43.6 Å². The van der Waals surface area contributed by atoms with E-state index < -0.39 is 81.3 Å². The zero-order chi connectivity index (χ0) is 55.6. The predicted octanol–water partition coefficient (Wildman–Crippen LogP) is 5.16. The van der Waals surface area contributed by atoms with Crippen LogP contribution in [0.4, 0.5) is 21.0 Å². The third-order valence-corrected chi connectivity index (χ3v) is 18.1. The SMILES string of the molecule is CC(C)CN(CC(O)C(Cc1ccccc1)NC(=O)OC1COC2OCCC12)S(=O)(=O)c1ccc(NCN(C(=O)OC2COC3OCCC23)C(Cc2ccccc2)C(CN(CC(C)C)S(=O)(=O)c2ccc(N)cc2)ON)cc1. The fraction of sp³-hybridized carbons (Fsp3) is 0.527. The number of hydrogen-bond acceptors (Lipinski definition) is 17. The minimum atomic E-state index is -4.28. The van der Waals surface area contributed by atoms with Crippen LogP contribution in [0.2, 0.25) is 0 Å². The number of fused-ring (bicyclic) bond motifs is 2. The van der Waals surface area contributed by atoms with Gasteiger partial charge in [0.25, 0.3) is 0 Å². The van der Waals surface area contributed by atoms with Crippen LogP contribution in [0.25, 0.3) is 0 Å². The number of carbonyl (C=O) groups excluding carboxylic acids is 2. The number of amides is 2. The van der Waals surface area contributed by atoms with E-state index in [1.54, 1.807) is 12.1 Å². The molecule has 4 aromatic carbocycles. The van der Waals surface area contributed by atoms with Gasteiger partial charge in [-0.15, -0.1) is 0 Å². The lowest BCUT2D eigenvalue weighted by molar-refractivity contribution is -0.0909. The van der Waals surface area contributed by atoms with Crippen LogP contribution in [0.3, 0.4) is 0 Å². The topological polar surface area (TPSA) is 273 Å². The third-order valence-electron chi connectivity index (χ3n) is 14.4. The maximum absolute atomic E-state index is 14.8. The summed E-state index contributed by atoms with van der Waals surface area (Å²) < 4.78 is 95.4. The average molecular weight is 1120 g/mol. The highest BCUT2D eigenvalue weighted by Gasteiger charge is 2.47. The van der Waals surface area contributed by atoms with Gasteiger partial charge in [0.05, 0.1) is 72.9 Å². The van der Waals surface area contributed by atoms with E-state index in [1.807, 2.05) is 88.4 Å². The highest BCUT2D eigenvalue weighted by atomic mass is 32.2. The minimum absolute atomic E-state index is 0.0177. The number of rotatable bonds is 26. The highest BCUT2D eigenvalue weighted by Crippen LogP contribution is 2.35. The van der Waals surface area contributed by atoms with Crippen molar-refractivity contribution in [2.24, 2.45) is 29.6 Å². The Morgan fingerprint density at radius 2 is 1.17 bits per heavy atom. The number of alkyl carbamates (subject to hydrolysis) is 1. The van der Waals surface area contributed by atoms with Crippen molar-refractivity contribution in [3.05, 3.63) is 120 Å². The second-order valence-electron chi connectivity index (χ2n) is 21.2.